The second-order valence-electron chi connectivity index (χ2n) is 5.25. The fourth-order valence-corrected chi connectivity index (χ4v) is 2.31. The lowest BCUT2D eigenvalue weighted by molar-refractivity contribution is -0.138. The van der Waals surface area contributed by atoms with Crippen molar-refractivity contribution in [1.82, 2.24) is 9.97 Å². The monoisotopic (exact) mass is 412 g/mol. The Morgan fingerprint density at radius 1 is 1.26 bits per heavy atom. The van der Waals surface area contributed by atoms with E-state index in [0.29, 0.717) is 11.4 Å². The van der Waals surface area contributed by atoms with Crippen molar-refractivity contribution in [3.05, 3.63) is 57.0 Å². The lowest BCUT2D eigenvalue weighted by Crippen LogP contribution is -2.10. The summed E-state index contributed by atoms with van der Waals surface area (Å²) < 4.78 is 18.7. The van der Waals surface area contributed by atoms with Crippen LogP contribution in [0.25, 0.3) is 5.76 Å². The highest BCUT2D eigenvalue weighted by Crippen LogP contribution is 2.26. The maximum absolute atomic E-state index is 13.9. The van der Waals surface area contributed by atoms with Crippen LogP contribution in [0.4, 0.5) is 10.1 Å². The van der Waals surface area contributed by atoms with Crippen molar-refractivity contribution in [3.63, 3.8) is 0 Å². The number of ether oxygens (including phenoxy) is 1. The number of hydrogen-bond donors (Lipinski definition) is 1. The molecule has 1 aromatic carbocycles. The summed E-state index contributed by atoms with van der Waals surface area (Å²) in [5, 5.41) is 17.8. The first kappa shape index (κ1) is 20.7. The number of carbonyl (C=O) groups is 1. The van der Waals surface area contributed by atoms with E-state index in [0.717, 1.165) is 6.07 Å². The second kappa shape index (κ2) is 8.88. The van der Waals surface area contributed by atoms with Crippen molar-refractivity contribution in [3.8, 4) is 0 Å². The molecule has 7 nitrogen and oxygen atoms in total. The number of benzene rings is 1. The quantitative estimate of drug-likeness (QED) is 0.318. The molecule has 0 radical (unpaired) electrons. The predicted molar refractivity (Wildman–Crippen MR) is 98.6 cm³/mol. The number of halogens is 3. The van der Waals surface area contributed by atoms with Gasteiger partial charge in [0.2, 0.25) is 5.70 Å². The highest BCUT2D eigenvalue weighted by Gasteiger charge is 2.22. The van der Waals surface area contributed by atoms with Crippen molar-refractivity contribution < 1.29 is 19.0 Å². The largest absolute Gasteiger partial charge is 0.504 e. The molecule has 0 saturated heterocycles. The van der Waals surface area contributed by atoms with Crippen molar-refractivity contribution in [2.24, 2.45) is 10.2 Å². The van der Waals surface area contributed by atoms with Gasteiger partial charge in [0.1, 0.15) is 11.4 Å². The standard InChI is InChI=1S/C17H15Cl2FN4O3/c1-4-27-17(26)14(24-23-12-6-5-10(18)7-11(12)20)15(25)13-16(19)22-9(3)8(2)21-13/h5-7,25H,4H2,1-3H3/b15-14-,24-23?. The lowest BCUT2D eigenvalue weighted by atomic mass is 10.2. The number of aliphatic hydroxyl groups excluding tert-OH is 1. The van der Waals surface area contributed by atoms with Crippen LogP contribution in [0, 0.1) is 19.7 Å². The third kappa shape index (κ3) is 4.99. The van der Waals surface area contributed by atoms with Gasteiger partial charge in [-0.05, 0) is 39.0 Å². The van der Waals surface area contributed by atoms with Gasteiger partial charge in [-0.1, -0.05) is 23.2 Å². The molecule has 1 aromatic heterocycles. The summed E-state index contributed by atoms with van der Waals surface area (Å²) in [6.07, 6.45) is 0. The van der Waals surface area contributed by atoms with Gasteiger partial charge in [-0.15, -0.1) is 10.2 Å². The average molecular weight is 413 g/mol. The molecule has 0 amide bonds. The number of aryl methyl sites for hydroxylation is 2. The summed E-state index contributed by atoms with van der Waals surface area (Å²) in [5.41, 5.74) is 0.0965. The second-order valence-corrected chi connectivity index (χ2v) is 6.04. The molecular formula is C17H15Cl2FN4O3. The van der Waals surface area contributed by atoms with Crippen LogP contribution in [-0.4, -0.2) is 27.7 Å². The predicted octanol–water partition coefficient (Wildman–Crippen LogP) is 5.11. The fourth-order valence-electron chi connectivity index (χ4n) is 1.89. The molecule has 0 fully saturated rings. The number of rotatable bonds is 5. The maximum atomic E-state index is 13.9. The van der Waals surface area contributed by atoms with Gasteiger partial charge in [0.25, 0.3) is 0 Å². The fraction of sp³-hybridized carbons (Fsp3) is 0.235. The van der Waals surface area contributed by atoms with E-state index in [-0.39, 0.29) is 28.2 Å². The SMILES string of the molecule is CCOC(=O)/C(N=Nc1ccc(Cl)cc1F)=C(/O)c1nc(C)c(C)nc1Cl. The van der Waals surface area contributed by atoms with Crippen molar-refractivity contribution >= 4 is 40.6 Å². The normalized spacial score (nSPS) is 12.2. The maximum Gasteiger partial charge on any atom is 0.362 e. The first-order valence-electron chi connectivity index (χ1n) is 7.72. The van der Waals surface area contributed by atoms with Gasteiger partial charge < -0.3 is 9.84 Å². The molecule has 0 spiro atoms. The number of nitrogens with zero attached hydrogens (tertiary/aromatic N) is 4. The molecule has 142 valence electrons. The Labute approximate surface area is 164 Å². The number of aromatic nitrogens is 2. The van der Waals surface area contributed by atoms with E-state index in [1.807, 2.05) is 0 Å². The van der Waals surface area contributed by atoms with Gasteiger partial charge >= 0.3 is 5.97 Å². The van der Waals surface area contributed by atoms with Crippen molar-refractivity contribution in [2.45, 2.75) is 20.8 Å². The summed E-state index contributed by atoms with van der Waals surface area (Å²) in [6.45, 7) is 4.94. The smallest absolute Gasteiger partial charge is 0.362 e. The van der Waals surface area contributed by atoms with Crippen molar-refractivity contribution in [2.75, 3.05) is 6.61 Å². The van der Waals surface area contributed by atoms with Crippen LogP contribution < -0.4 is 0 Å². The molecule has 27 heavy (non-hydrogen) atoms. The molecule has 0 unspecified atom stereocenters. The van der Waals surface area contributed by atoms with Crippen LogP contribution in [0.5, 0.6) is 0 Å². The summed E-state index contributed by atoms with van der Waals surface area (Å²) in [5.74, 6) is -2.42. The minimum absolute atomic E-state index is 0.0206. The average Bonchev–Trinajstić information content (AvgIpc) is 2.60. The van der Waals surface area contributed by atoms with Crippen molar-refractivity contribution in [1.29, 1.82) is 0 Å². The van der Waals surface area contributed by atoms with Crippen LogP contribution in [0.15, 0.2) is 34.1 Å². The van der Waals surface area contributed by atoms with E-state index in [1.165, 1.54) is 12.1 Å². The third-order valence-corrected chi connectivity index (χ3v) is 3.85. The van der Waals surface area contributed by atoms with Crippen LogP contribution in [0.2, 0.25) is 10.2 Å². The number of esters is 1. The Morgan fingerprint density at radius 3 is 2.56 bits per heavy atom. The molecular weight excluding hydrogens is 398 g/mol. The molecule has 2 rings (SSSR count). The number of hydrogen-bond acceptors (Lipinski definition) is 7. The van der Waals surface area contributed by atoms with Gasteiger partial charge in [0, 0.05) is 5.02 Å². The molecule has 1 N–H and O–H groups in total. The minimum Gasteiger partial charge on any atom is -0.504 e. The van der Waals surface area contributed by atoms with E-state index >= 15 is 0 Å². The van der Waals surface area contributed by atoms with Gasteiger partial charge in [0.15, 0.2) is 16.7 Å². The van der Waals surface area contributed by atoms with Crippen LogP contribution in [0.1, 0.15) is 24.0 Å². The molecule has 0 aliphatic heterocycles. The number of azo groups is 1. The molecule has 0 bridgehead atoms. The summed E-state index contributed by atoms with van der Waals surface area (Å²) >= 11 is 11.7. The first-order chi connectivity index (χ1) is 12.7. The number of carbonyl (C=O) groups excluding carboxylic acids is 1. The highest BCUT2D eigenvalue weighted by molar-refractivity contribution is 6.31. The van der Waals surface area contributed by atoms with E-state index < -0.39 is 23.2 Å². The van der Waals surface area contributed by atoms with Gasteiger partial charge in [0.05, 0.1) is 18.0 Å². The molecule has 0 aliphatic carbocycles. The van der Waals surface area contributed by atoms with E-state index in [4.69, 9.17) is 27.9 Å². The minimum atomic E-state index is -0.982. The summed E-state index contributed by atoms with van der Waals surface area (Å²) in [7, 11) is 0. The molecule has 1 heterocycles. The third-order valence-electron chi connectivity index (χ3n) is 3.35. The Balaban J connectivity index is 2.57. The Bertz CT molecular complexity index is 948. The number of aliphatic hydroxyl groups is 1. The molecule has 0 aliphatic rings. The van der Waals surface area contributed by atoms with Gasteiger partial charge in [-0.3, -0.25) is 0 Å². The molecule has 0 saturated carbocycles. The first-order valence-corrected chi connectivity index (χ1v) is 8.48. The molecule has 0 atom stereocenters. The van der Waals surface area contributed by atoms with Crippen LogP contribution in [-0.2, 0) is 9.53 Å². The van der Waals surface area contributed by atoms with E-state index in [1.54, 1.807) is 20.8 Å². The van der Waals surface area contributed by atoms with E-state index in [9.17, 15) is 14.3 Å². The zero-order valence-corrected chi connectivity index (χ0v) is 16.1. The summed E-state index contributed by atoms with van der Waals surface area (Å²) in [4.78, 5) is 20.3. The molecule has 2 aromatic rings. The van der Waals surface area contributed by atoms with Gasteiger partial charge in [-0.25, -0.2) is 19.2 Å². The topological polar surface area (TPSA) is 97.0 Å². The Morgan fingerprint density at radius 2 is 1.93 bits per heavy atom. The highest BCUT2D eigenvalue weighted by atomic mass is 35.5. The Hall–Kier alpha value is -2.58. The molecule has 10 heteroatoms. The summed E-state index contributed by atoms with van der Waals surface area (Å²) in [6, 6.07) is 3.71. The van der Waals surface area contributed by atoms with E-state index in [2.05, 4.69) is 20.2 Å². The zero-order valence-electron chi connectivity index (χ0n) is 14.6. The van der Waals surface area contributed by atoms with Gasteiger partial charge in [-0.2, -0.15) is 0 Å². The lowest BCUT2D eigenvalue weighted by Gasteiger charge is -2.08. The zero-order chi connectivity index (χ0) is 20.1. The Kier molecular flexibility index (Phi) is 6.81. The van der Waals surface area contributed by atoms with Crippen LogP contribution in [0.3, 0.4) is 0 Å². The van der Waals surface area contributed by atoms with Crippen LogP contribution >= 0.6 is 23.2 Å².